The van der Waals surface area contributed by atoms with Gasteiger partial charge in [-0.2, -0.15) is 0 Å². The Hall–Kier alpha value is -1.85. The van der Waals surface area contributed by atoms with Gasteiger partial charge in [-0.05, 0) is 19.3 Å². The summed E-state index contributed by atoms with van der Waals surface area (Å²) in [6, 6.07) is 0. The van der Waals surface area contributed by atoms with Gasteiger partial charge in [0, 0.05) is 19.3 Å². The molecule has 0 aromatic rings. The van der Waals surface area contributed by atoms with E-state index in [-0.39, 0.29) is 18.8 Å². The summed E-state index contributed by atoms with van der Waals surface area (Å²) >= 11 is 0. The normalized spacial score (nSPS) is 11.2. The second kappa shape index (κ2) is 51.8. The van der Waals surface area contributed by atoms with E-state index in [4.69, 9.17) is 14.2 Å². The van der Waals surface area contributed by atoms with Crippen LogP contribution in [0.2, 0.25) is 0 Å². The van der Waals surface area contributed by atoms with Crippen molar-refractivity contribution in [3.8, 4) is 0 Å². The number of hydrogen-bond acceptors (Lipinski definition) is 6. The van der Waals surface area contributed by atoms with E-state index in [1.165, 1.54) is 231 Å². The van der Waals surface area contributed by atoms with Crippen LogP contribution in [0.25, 0.3) is 0 Å². The van der Waals surface area contributed by atoms with Crippen LogP contribution in [-0.4, -0.2) is 17.9 Å². The van der Waals surface area contributed by atoms with Crippen molar-refractivity contribution in [2.45, 2.75) is 329 Å². The van der Waals surface area contributed by atoms with E-state index in [1.807, 2.05) is 0 Å². The van der Waals surface area contributed by atoms with E-state index in [0.29, 0.717) is 6.42 Å². The molecule has 62 heavy (non-hydrogen) atoms. The Kier molecular flexibility index (Phi) is 50.2. The molecule has 0 atom stereocenters. The molecule has 0 saturated heterocycles. The van der Waals surface area contributed by atoms with Gasteiger partial charge in [-0.15, -0.1) is 0 Å². The van der Waals surface area contributed by atoms with Crippen LogP contribution in [0, 0.1) is 0 Å². The molecule has 6 nitrogen and oxygen atoms in total. The standard InChI is InChI=1S/C56H106O6/c1-4-7-10-13-16-19-22-25-28-31-34-37-40-43-46-49-53(57)60-52-56(61-54(58)50-47-44-41-38-35-32-29-26-23-20-17-14-11-8-5-2)62-55(59)51-48-45-42-39-36-33-30-27-24-21-18-15-12-9-6-3/h52H,4-51H2,1-3H3. The van der Waals surface area contributed by atoms with Crippen LogP contribution in [0.5, 0.6) is 0 Å². The minimum absolute atomic E-state index is 0.249. The highest BCUT2D eigenvalue weighted by molar-refractivity contribution is 5.73. The van der Waals surface area contributed by atoms with E-state index in [1.54, 1.807) is 0 Å². The number of carbonyl (C=O) groups excluding carboxylic acids is 3. The van der Waals surface area contributed by atoms with E-state index in [0.717, 1.165) is 64.0 Å². The molecule has 0 rings (SSSR count). The van der Waals surface area contributed by atoms with Gasteiger partial charge in [0.25, 0.3) is 0 Å². The predicted molar refractivity (Wildman–Crippen MR) is 265 cm³/mol. The summed E-state index contributed by atoms with van der Waals surface area (Å²) in [5.41, 5.74) is 0. The van der Waals surface area contributed by atoms with Crippen molar-refractivity contribution in [3.05, 3.63) is 12.2 Å². The zero-order valence-electron chi connectivity index (χ0n) is 42.0. The highest BCUT2D eigenvalue weighted by Gasteiger charge is 2.15. The fourth-order valence-electron chi connectivity index (χ4n) is 8.49. The lowest BCUT2D eigenvalue weighted by atomic mass is 10.0. The topological polar surface area (TPSA) is 78.9 Å². The molecule has 366 valence electrons. The first kappa shape index (κ1) is 60.2. The number of unbranched alkanes of at least 4 members (excludes halogenated alkanes) is 42. The quantitative estimate of drug-likeness (QED) is 0.0344. The summed E-state index contributed by atoms with van der Waals surface area (Å²) in [5, 5.41) is 0. The average Bonchev–Trinajstić information content (AvgIpc) is 3.26. The van der Waals surface area contributed by atoms with E-state index >= 15 is 0 Å². The molecule has 0 amide bonds. The number of hydrogen-bond donors (Lipinski definition) is 0. The van der Waals surface area contributed by atoms with Crippen LogP contribution in [0.15, 0.2) is 12.2 Å². The number of rotatable bonds is 51. The summed E-state index contributed by atoms with van der Waals surface area (Å²) in [4.78, 5) is 38.1. The molecule has 0 spiro atoms. The fraction of sp³-hybridized carbons (Fsp3) is 0.911. The van der Waals surface area contributed by atoms with Crippen molar-refractivity contribution in [2.24, 2.45) is 0 Å². The van der Waals surface area contributed by atoms with E-state index < -0.39 is 17.9 Å². The largest absolute Gasteiger partial charge is 0.427 e. The molecule has 0 saturated carbocycles. The molecule has 0 aliphatic rings. The summed E-state index contributed by atoms with van der Waals surface area (Å²) in [7, 11) is 0. The summed E-state index contributed by atoms with van der Waals surface area (Å²) in [5.74, 6) is -1.62. The summed E-state index contributed by atoms with van der Waals surface area (Å²) in [6.45, 7) is 6.82. The molecule has 0 N–H and O–H groups in total. The Morgan fingerprint density at radius 2 is 0.435 bits per heavy atom. The molecular formula is C56H106O6. The zero-order chi connectivity index (χ0) is 45.1. The van der Waals surface area contributed by atoms with Gasteiger partial charge in [0.1, 0.15) is 0 Å². The van der Waals surface area contributed by atoms with Gasteiger partial charge in [-0.25, -0.2) is 0 Å². The Bertz CT molecular complexity index is 926. The predicted octanol–water partition coefficient (Wildman–Crippen LogP) is 19.2. The van der Waals surface area contributed by atoms with Crippen LogP contribution >= 0.6 is 0 Å². The molecule has 0 heterocycles. The van der Waals surface area contributed by atoms with Crippen LogP contribution in [0.4, 0.5) is 0 Å². The average molecular weight is 875 g/mol. The van der Waals surface area contributed by atoms with Crippen LogP contribution in [-0.2, 0) is 28.6 Å². The Morgan fingerprint density at radius 3 is 0.645 bits per heavy atom. The lowest BCUT2D eigenvalue weighted by Crippen LogP contribution is -2.12. The van der Waals surface area contributed by atoms with Crippen LogP contribution < -0.4 is 0 Å². The van der Waals surface area contributed by atoms with Gasteiger partial charge in [0.2, 0.25) is 0 Å². The minimum Gasteiger partial charge on any atom is -0.427 e. The lowest BCUT2D eigenvalue weighted by molar-refractivity contribution is -0.156. The van der Waals surface area contributed by atoms with Crippen molar-refractivity contribution in [1.29, 1.82) is 0 Å². The van der Waals surface area contributed by atoms with Gasteiger partial charge in [-0.1, -0.05) is 290 Å². The molecular weight excluding hydrogens is 769 g/mol. The van der Waals surface area contributed by atoms with Crippen molar-refractivity contribution in [3.63, 3.8) is 0 Å². The third kappa shape index (κ3) is 49.2. The van der Waals surface area contributed by atoms with Gasteiger partial charge >= 0.3 is 23.9 Å². The zero-order valence-corrected chi connectivity index (χ0v) is 42.0. The highest BCUT2D eigenvalue weighted by Crippen LogP contribution is 2.18. The third-order valence-electron chi connectivity index (χ3n) is 12.7. The van der Waals surface area contributed by atoms with Gasteiger partial charge in [-0.3, -0.25) is 14.4 Å². The smallest absolute Gasteiger partial charge is 0.332 e. The van der Waals surface area contributed by atoms with Crippen molar-refractivity contribution in [2.75, 3.05) is 0 Å². The van der Waals surface area contributed by atoms with Crippen molar-refractivity contribution >= 4 is 17.9 Å². The number of carbonyl (C=O) groups is 3. The molecule has 0 radical (unpaired) electrons. The van der Waals surface area contributed by atoms with Crippen molar-refractivity contribution < 1.29 is 28.6 Å². The fourth-order valence-corrected chi connectivity index (χ4v) is 8.49. The maximum Gasteiger partial charge on any atom is 0.332 e. The van der Waals surface area contributed by atoms with Gasteiger partial charge in [0.15, 0.2) is 6.26 Å². The molecule has 0 bridgehead atoms. The highest BCUT2D eigenvalue weighted by atomic mass is 16.7. The van der Waals surface area contributed by atoms with Gasteiger partial charge in [0.05, 0.1) is 0 Å². The molecule has 0 aliphatic heterocycles. The third-order valence-corrected chi connectivity index (χ3v) is 12.7. The first-order valence-corrected chi connectivity index (χ1v) is 27.8. The molecule has 0 fully saturated rings. The second-order valence-corrected chi connectivity index (χ2v) is 19.0. The van der Waals surface area contributed by atoms with Crippen molar-refractivity contribution in [1.82, 2.24) is 0 Å². The van der Waals surface area contributed by atoms with E-state index in [2.05, 4.69) is 20.8 Å². The van der Waals surface area contributed by atoms with Gasteiger partial charge < -0.3 is 14.2 Å². The Labute approximate surface area is 386 Å². The number of ether oxygens (including phenoxy) is 3. The molecule has 0 aliphatic carbocycles. The second-order valence-electron chi connectivity index (χ2n) is 19.0. The molecule has 0 aromatic heterocycles. The monoisotopic (exact) mass is 875 g/mol. The Morgan fingerprint density at radius 1 is 0.258 bits per heavy atom. The molecule has 0 unspecified atom stereocenters. The first-order valence-electron chi connectivity index (χ1n) is 27.8. The van der Waals surface area contributed by atoms with Crippen LogP contribution in [0.3, 0.4) is 0 Å². The maximum atomic E-state index is 12.8. The number of esters is 3. The van der Waals surface area contributed by atoms with E-state index in [9.17, 15) is 14.4 Å². The summed E-state index contributed by atoms with van der Waals surface area (Å²) in [6.07, 6.45) is 58.7. The summed E-state index contributed by atoms with van der Waals surface area (Å²) < 4.78 is 16.2. The molecule has 6 heteroatoms. The first-order chi connectivity index (χ1) is 30.5. The molecule has 0 aromatic carbocycles. The van der Waals surface area contributed by atoms with Crippen LogP contribution in [0.1, 0.15) is 329 Å². The Balaban J connectivity index is 4.38. The lowest BCUT2D eigenvalue weighted by Gasteiger charge is -2.10. The maximum absolute atomic E-state index is 12.8. The minimum atomic E-state index is -0.454. The SMILES string of the molecule is CCCCCCCCCCCCCCCCCC(=O)OC=C(OC(=O)CCCCCCCCCCCCCCCCC)OC(=O)CCCCCCCCCCCCCCCCC.